The highest BCUT2D eigenvalue weighted by Gasteiger charge is 2.39. The van der Waals surface area contributed by atoms with Gasteiger partial charge in [0.05, 0.1) is 6.04 Å². The number of hydrogen-bond acceptors (Lipinski definition) is 5. The average Bonchev–Trinajstić information content (AvgIpc) is 3.33. The van der Waals surface area contributed by atoms with E-state index in [4.69, 9.17) is 22.7 Å². The van der Waals surface area contributed by atoms with E-state index in [0.717, 1.165) is 0 Å². The summed E-state index contributed by atoms with van der Waals surface area (Å²) in [6.07, 6.45) is 1.45. The fraction of sp³-hybridized carbons (Fsp3) is 0.542. The summed E-state index contributed by atoms with van der Waals surface area (Å²) >= 11 is 5.95. The molecule has 1 unspecified atom stereocenters. The minimum Gasteiger partial charge on any atom is -0.370 e. The SMILES string of the molecule is CC(C)C(NC(=O)Nc1cccc(Cl)c1)C(=O)N1CCC[C@H]1C(=O)N[C@@H](CCCNC(=N)N)C(=O)CF. The molecule has 204 valence electrons. The van der Waals surface area contributed by atoms with Crippen molar-refractivity contribution < 1.29 is 23.6 Å². The van der Waals surface area contributed by atoms with Crippen molar-refractivity contribution in [3.63, 3.8) is 0 Å². The van der Waals surface area contributed by atoms with Gasteiger partial charge < -0.3 is 31.9 Å². The Morgan fingerprint density at radius 1 is 1.24 bits per heavy atom. The summed E-state index contributed by atoms with van der Waals surface area (Å²) in [6.45, 7) is 2.91. The zero-order valence-electron chi connectivity index (χ0n) is 21.0. The Morgan fingerprint density at radius 3 is 2.59 bits per heavy atom. The third kappa shape index (κ3) is 9.19. The minimum atomic E-state index is -1.24. The minimum absolute atomic E-state index is 0.148. The maximum absolute atomic E-state index is 13.4. The van der Waals surface area contributed by atoms with Gasteiger partial charge >= 0.3 is 6.03 Å². The molecule has 3 atom stereocenters. The summed E-state index contributed by atoms with van der Waals surface area (Å²) in [5, 5.41) is 18.1. The quantitative estimate of drug-likeness (QED) is 0.134. The third-order valence-corrected chi connectivity index (χ3v) is 6.20. The van der Waals surface area contributed by atoms with Crippen molar-refractivity contribution in [3.05, 3.63) is 29.3 Å². The van der Waals surface area contributed by atoms with Crippen LogP contribution in [-0.2, 0) is 14.4 Å². The molecule has 0 aromatic heterocycles. The van der Waals surface area contributed by atoms with E-state index < -0.39 is 48.4 Å². The van der Waals surface area contributed by atoms with Gasteiger partial charge in [-0.1, -0.05) is 31.5 Å². The van der Waals surface area contributed by atoms with Gasteiger partial charge in [-0.2, -0.15) is 0 Å². The van der Waals surface area contributed by atoms with Crippen LogP contribution in [0.5, 0.6) is 0 Å². The maximum atomic E-state index is 13.4. The zero-order valence-corrected chi connectivity index (χ0v) is 21.7. The lowest BCUT2D eigenvalue weighted by Crippen LogP contribution is -2.57. The number of hydrogen-bond donors (Lipinski definition) is 6. The smallest absolute Gasteiger partial charge is 0.319 e. The number of ketones is 1. The molecule has 7 N–H and O–H groups in total. The van der Waals surface area contributed by atoms with Crippen LogP contribution < -0.4 is 27.0 Å². The molecule has 2 rings (SSSR count). The predicted molar refractivity (Wildman–Crippen MR) is 139 cm³/mol. The van der Waals surface area contributed by atoms with Crippen LogP contribution in [0.1, 0.15) is 39.5 Å². The lowest BCUT2D eigenvalue weighted by molar-refractivity contribution is -0.141. The number of carbonyl (C=O) groups is 4. The number of halogens is 2. The Kier molecular flexibility index (Phi) is 11.6. The number of nitrogens with one attached hydrogen (secondary N) is 5. The summed E-state index contributed by atoms with van der Waals surface area (Å²) in [4.78, 5) is 52.5. The largest absolute Gasteiger partial charge is 0.370 e. The highest BCUT2D eigenvalue weighted by atomic mass is 35.5. The van der Waals surface area contributed by atoms with Gasteiger partial charge in [0.25, 0.3) is 0 Å². The maximum Gasteiger partial charge on any atom is 0.319 e. The molecule has 13 heteroatoms. The number of benzene rings is 1. The molecule has 1 aromatic carbocycles. The molecule has 1 aromatic rings. The topological polar surface area (TPSA) is 170 Å². The fourth-order valence-corrected chi connectivity index (χ4v) is 4.26. The van der Waals surface area contributed by atoms with Crippen molar-refractivity contribution in [2.45, 2.75) is 57.7 Å². The van der Waals surface area contributed by atoms with Gasteiger partial charge in [0.2, 0.25) is 11.8 Å². The van der Waals surface area contributed by atoms with Crippen molar-refractivity contribution in [2.24, 2.45) is 11.7 Å². The number of carbonyl (C=O) groups excluding carboxylic acids is 4. The Morgan fingerprint density at radius 2 is 1.97 bits per heavy atom. The summed E-state index contributed by atoms with van der Waals surface area (Å²) in [5.74, 6) is -2.26. The first-order chi connectivity index (χ1) is 17.5. The third-order valence-electron chi connectivity index (χ3n) is 5.96. The number of nitrogens with two attached hydrogens (primary N) is 1. The lowest BCUT2D eigenvalue weighted by atomic mass is 10.0. The van der Waals surface area contributed by atoms with E-state index in [0.29, 0.717) is 36.5 Å². The first kappa shape index (κ1) is 29.8. The van der Waals surface area contributed by atoms with Crippen LogP contribution in [0.2, 0.25) is 5.02 Å². The second-order valence-electron chi connectivity index (χ2n) is 9.16. The predicted octanol–water partition coefficient (Wildman–Crippen LogP) is 1.76. The van der Waals surface area contributed by atoms with Gasteiger partial charge in [-0.15, -0.1) is 0 Å². The molecule has 1 heterocycles. The Labute approximate surface area is 220 Å². The first-order valence-corrected chi connectivity index (χ1v) is 12.5. The number of urea groups is 1. The van der Waals surface area contributed by atoms with Gasteiger partial charge in [-0.05, 0) is 49.8 Å². The molecule has 37 heavy (non-hydrogen) atoms. The highest BCUT2D eigenvalue weighted by Crippen LogP contribution is 2.21. The van der Waals surface area contributed by atoms with E-state index in [9.17, 15) is 23.6 Å². The van der Waals surface area contributed by atoms with E-state index in [1.807, 2.05) is 0 Å². The molecule has 0 spiro atoms. The monoisotopic (exact) mass is 539 g/mol. The summed E-state index contributed by atoms with van der Waals surface area (Å²) in [7, 11) is 0. The molecule has 0 aliphatic carbocycles. The van der Waals surface area contributed by atoms with Crippen LogP contribution >= 0.6 is 11.6 Å². The molecule has 0 radical (unpaired) electrons. The van der Waals surface area contributed by atoms with Crippen LogP contribution in [0, 0.1) is 11.3 Å². The average molecular weight is 540 g/mol. The summed E-state index contributed by atoms with van der Waals surface area (Å²) < 4.78 is 13.1. The second kappa shape index (κ2) is 14.4. The van der Waals surface area contributed by atoms with E-state index in [1.165, 1.54) is 4.90 Å². The van der Waals surface area contributed by atoms with E-state index in [1.54, 1.807) is 38.1 Å². The Hall–Kier alpha value is -3.41. The Balaban J connectivity index is 2.05. The highest BCUT2D eigenvalue weighted by molar-refractivity contribution is 6.30. The molecule has 0 saturated carbocycles. The number of amides is 4. The van der Waals surface area contributed by atoms with Crippen LogP contribution in [0.15, 0.2) is 24.3 Å². The second-order valence-corrected chi connectivity index (χ2v) is 9.60. The molecule has 0 bridgehead atoms. The standard InChI is InChI=1S/C24H35ClFN7O4/c1-14(2)20(32-24(37)30-16-7-3-6-15(25)12-16)22(36)33-11-5-9-18(33)21(35)31-17(19(34)13-26)8-4-10-29-23(27)28/h3,6-7,12,14,17-18,20H,4-5,8-11,13H2,1-2H3,(H,31,35)(H4,27,28,29)(H2,30,32,37)/t17-,18-,20?/m0/s1. The number of anilines is 1. The lowest BCUT2D eigenvalue weighted by Gasteiger charge is -2.31. The molecule has 11 nitrogen and oxygen atoms in total. The Bertz CT molecular complexity index is 994. The number of Topliss-reactive ketones (excluding diaryl/α,β-unsaturated/α-hetero) is 1. The van der Waals surface area contributed by atoms with Gasteiger partial charge in [0, 0.05) is 23.8 Å². The molecule has 1 saturated heterocycles. The summed E-state index contributed by atoms with van der Waals surface area (Å²) in [5.41, 5.74) is 5.68. The van der Waals surface area contributed by atoms with E-state index in [-0.39, 0.29) is 24.8 Å². The van der Waals surface area contributed by atoms with Gasteiger partial charge in [0.1, 0.15) is 18.8 Å². The molecular formula is C24H35ClFN7O4. The van der Waals surface area contributed by atoms with Gasteiger partial charge in [0.15, 0.2) is 11.7 Å². The number of likely N-dealkylation sites (tertiary alicyclic amines) is 1. The fourth-order valence-electron chi connectivity index (χ4n) is 4.07. The summed E-state index contributed by atoms with van der Waals surface area (Å²) in [6, 6.07) is 3.15. The number of rotatable bonds is 12. The van der Waals surface area contributed by atoms with Crippen molar-refractivity contribution >= 4 is 46.9 Å². The number of alkyl halides is 1. The molecule has 1 aliphatic rings. The first-order valence-electron chi connectivity index (χ1n) is 12.1. The van der Waals surface area contributed by atoms with Crippen molar-refractivity contribution in [1.29, 1.82) is 5.41 Å². The van der Waals surface area contributed by atoms with Crippen molar-refractivity contribution in [3.8, 4) is 0 Å². The molecule has 1 fully saturated rings. The normalized spacial score (nSPS) is 16.6. The van der Waals surface area contributed by atoms with Crippen LogP contribution in [0.25, 0.3) is 0 Å². The van der Waals surface area contributed by atoms with E-state index >= 15 is 0 Å². The number of guanidine groups is 1. The van der Waals surface area contributed by atoms with Crippen molar-refractivity contribution in [1.82, 2.24) is 20.9 Å². The van der Waals surface area contributed by atoms with E-state index in [2.05, 4.69) is 21.3 Å². The number of nitrogens with zero attached hydrogens (tertiary/aromatic N) is 1. The van der Waals surface area contributed by atoms with Gasteiger partial charge in [-0.25, -0.2) is 9.18 Å². The molecule has 4 amide bonds. The van der Waals surface area contributed by atoms with Crippen molar-refractivity contribution in [2.75, 3.05) is 25.1 Å². The van der Waals surface area contributed by atoms with Crippen LogP contribution in [0.4, 0.5) is 14.9 Å². The molecule has 1 aliphatic heterocycles. The molecular weight excluding hydrogens is 505 g/mol. The van der Waals surface area contributed by atoms with Crippen LogP contribution in [0.3, 0.4) is 0 Å². The van der Waals surface area contributed by atoms with Crippen LogP contribution in [-0.4, -0.2) is 72.4 Å². The zero-order chi connectivity index (χ0) is 27.5. The van der Waals surface area contributed by atoms with Gasteiger partial charge in [-0.3, -0.25) is 19.8 Å².